The van der Waals surface area contributed by atoms with Crippen molar-refractivity contribution in [2.45, 2.75) is 46.5 Å². The van der Waals surface area contributed by atoms with Gasteiger partial charge in [0.05, 0.1) is 10.6 Å². The van der Waals surface area contributed by atoms with Gasteiger partial charge in [-0.25, -0.2) is 9.97 Å². The van der Waals surface area contributed by atoms with E-state index in [4.69, 9.17) is 4.98 Å². The molecule has 7 heteroatoms. The summed E-state index contributed by atoms with van der Waals surface area (Å²) in [5.41, 5.74) is 3.24. The van der Waals surface area contributed by atoms with Crippen LogP contribution in [0.1, 0.15) is 59.4 Å². The Bertz CT molecular complexity index is 1100. The Balaban J connectivity index is 1.54. The lowest BCUT2D eigenvalue weighted by Crippen LogP contribution is -2.17. The largest absolute Gasteiger partial charge is 0.326 e. The van der Waals surface area contributed by atoms with E-state index in [9.17, 15) is 9.59 Å². The van der Waals surface area contributed by atoms with Crippen molar-refractivity contribution in [3.05, 3.63) is 46.2 Å². The van der Waals surface area contributed by atoms with E-state index in [0.717, 1.165) is 40.1 Å². The molecule has 2 N–H and O–H groups in total. The zero-order valence-corrected chi connectivity index (χ0v) is 17.8. The first kappa shape index (κ1) is 19.5. The van der Waals surface area contributed by atoms with Crippen molar-refractivity contribution in [1.29, 1.82) is 0 Å². The van der Waals surface area contributed by atoms with Crippen LogP contribution in [0.3, 0.4) is 0 Å². The van der Waals surface area contributed by atoms with Crippen LogP contribution in [-0.4, -0.2) is 21.8 Å². The second kappa shape index (κ2) is 7.55. The number of hydrogen-bond acceptors (Lipinski definition) is 5. The zero-order valence-electron chi connectivity index (χ0n) is 17.0. The average molecular weight is 409 g/mol. The van der Waals surface area contributed by atoms with Gasteiger partial charge in [0.15, 0.2) is 0 Å². The van der Waals surface area contributed by atoms with E-state index in [0.29, 0.717) is 22.2 Å². The zero-order chi connectivity index (χ0) is 20.7. The second-order valence-corrected chi connectivity index (χ2v) is 8.85. The molecule has 0 spiro atoms. The highest BCUT2D eigenvalue weighted by atomic mass is 32.1. The van der Waals surface area contributed by atoms with Crippen molar-refractivity contribution in [2.24, 2.45) is 5.92 Å². The first-order valence-electron chi connectivity index (χ1n) is 9.83. The van der Waals surface area contributed by atoms with Gasteiger partial charge >= 0.3 is 0 Å². The first-order valence-corrected chi connectivity index (χ1v) is 10.6. The Morgan fingerprint density at radius 3 is 2.24 bits per heavy atom. The summed E-state index contributed by atoms with van der Waals surface area (Å²) in [6.07, 6.45) is 2.30. The van der Waals surface area contributed by atoms with Crippen LogP contribution < -0.4 is 10.6 Å². The molecule has 2 aromatic heterocycles. The smallest absolute Gasteiger partial charge is 0.266 e. The highest BCUT2D eigenvalue weighted by Gasteiger charge is 2.28. The number of rotatable bonds is 5. The fraction of sp³-hybridized carbons (Fsp3) is 0.364. The van der Waals surface area contributed by atoms with E-state index in [-0.39, 0.29) is 17.7 Å². The van der Waals surface area contributed by atoms with Crippen LogP contribution in [0.15, 0.2) is 24.3 Å². The number of aromatic nitrogens is 2. The molecule has 0 aliphatic heterocycles. The number of nitrogens with zero attached hydrogens (tertiary/aromatic N) is 2. The molecule has 1 aliphatic carbocycles. The number of carbonyl (C=O) groups excluding carboxylic acids is 2. The van der Waals surface area contributed by atoms with Gasteiger partial charge in [0.2, 0.25) is 5.91 Å². The summed E-state index contributed by atoms with van der Waals surface area (Å²) >= 11 is 1.42. The van der Waals surface area contributed by atoms with E-state index in [1.165, 1.54) is 11.3 Å². The van der Waals surface area contributed by atoms with E-state index in [2.05, 4.69) is 15.6 Å². The molecule has 0 atom stereocenters. The van der Waals surface area contributed by atoms with Crippen LogP contribution in [0.5, 0.6) is 0 Å². The molecule has 150 valence electrons. The minimum absolute atomic E-state index is 0.0373. The third-order valence-corrected chi connectivity index (χ3v) is 6.26. The van der Waals surface area contributed by atoms with Crippen molar-refractivity contribution in [2.75, 3.05) is 10.6 Å². The molecular formula is C22H24N4O2S. The summed E-state index contributed by atoms with van der Waals surface area (Å²) in [5, 5.41) is 6.77. The van der Waals surface area contributed by atoms with Crippen LogP contribution in [0.25, 0.3) is 10.2 Å². The SMILES string of the molecule is Cc1nc(C2CC2)nc2sc(C(=O)Nc3ccc(NC(=O)C(C)C)cc3)c(C)c12. The molecule has 0 radical (unpaired) electrons. The van der Waals surface area contributed by atoms with E-state index >= 15 is 0 Å². The van der Waals surface area contributed by atoms with Gasteiger partial charge in [0, 0.05) is 28.6 Å². The molecular weight excluding hydrogens is 384 g/mol. The second-order valence-electron chi connectivity index (χ2n) is 7.85. The third-order valence-electron chi connectivity index (χ3n) is 5.07. The average Bonchev–Trinajstić information content (AvgIpc) is 3.47. The maximum atomic E-state index is 12.9. The molecule has 1 aliphatic rings. The van der Waals surface area contributed by atoms with Crippen LogP contribution in [-0.2, 0) is 4.79 Å². The van der Waals surface area contributed by atoms with Gasteiger partial charge in [-0.3, -0.25) is 9.59 Å². The lowest BCUT2D eigenvalue weighted by Gasteiger charge is -2.09. The number of amides is 2. The fourth-order valence-corrected chi connectivity index (χ4v) is 4.35. The number of aryl methyl sites for hydroxylation is 2. The number of thiophene rings is 1. The van der Waals surface area contributed by atoms with E-state index in [1.807, 2.05) is 27.7 Å². The summed E-state index contributed by atoms with van der Waals surface area (Å²) in [6.45, 7) is 7.63. The molecule has 0 unspecified atom stereocenters. The molecule has 6 nitrogen and oxygen atoms in total. The van der Waals surface area contributed by atoms with Gasteiger partial charge in [-0.15, -0.1) is 11.3 Å². The Morgan fingerprint density at radius 2 is 1.66 bits per heavy atom. The molecule has 2 amide bonds. The molecule has 2 heterocycles. The standard InChI is InChI=1S/C22H24N4O2S/c1-11(2)20(27)24-15-7-9-16(10-8-15)25-21(28)18-12(3)17-13(4)23-19(14-5-6-14)26-22(17)29-18/h7-11,14H,5-6H2,1-4H3,(H,24,27)(H,25,28). The van der Waals surface area contributed by atoms with Crippen LogP contribution >= 0.6 is 11.3 Å². The van der Waals surface area contributed by atoms with Gasteiger partial charge < -0.3 is 10.6 Å². The van der Waals surface area contributed by atoms with Gasteiger partial charge in [0.1, 0.15) is 10.7 Å². The quantitative estimate of drug-likeness (QED) is 0.620. The Labute approximate surface area is 173 Å². The van der Waals surface area contributed by atoms with E-state index in [1.54, 1.807) is 24.3 Å². The Kier molecular flexibility index (Phi) is 5.08. The van der Waals surface area contributed by atoms with Gasteiger partial charge in [-0.1, -0.05) is 13.8 Å². The number of benzene rings is 1. The molecule has 4 rings (SSSR count). The Morgan fingerprint density at radius 1 is 1.03 bits per heavy atom. The molecule has 29 heavy (non-hydrogen) atoms. The highest BCUT2D eigenvalue weighted by Crippen LogP contribution is 2.40. The first-order chi connectivity index (χ1) is 13.8. The van der Waals surface area contributed by atoms with Gasteiger partial charge in [0.25, 0.3) is 5.91 Å². The lowest BCUT2D eigenvalue weighted by atomic mass is 10.1. The van der Waals surface area contributed by atoms with Gasteiger partial charge in [-0.2, -0.15) is 0 Å². The molecule has 1 fully saturated rings. The van der Waals surface area contributed by atoms with Crippen molar-refractivity contribution in [3.8, 4) is 0 Å². The van der Waals surface area contributed by atoms with Crippen molar-refractivity contribution in [1.82, 2.24) is 9.97 Å². The van der Waals surface area contributed by atoms with Crippen molar-refractivity contribution >= 4 is 44.7 Å². The number of fused-ring (bicyclic) bond motifs is 1. The van der Waals surface area contributed by atoms with Crippen LogP contribution in [0, 0.1) is 19.8 Å². The molecule has 1 saturated carbocycles. The third kappa shape index (κ3) is 4.00. The van der Waals surface area contributed by atoms with E-state index < -0.39 is 0 Å². The maximum Gasteiger partial charge on any atom is 0.266 e. The molecule has 0 saturated heterocycles. The number of nitrogens with one attached hydrogen (secondary N) is 2. The predicted molar refractivity (Wildman–Crippen MR) is 117 cm³/mol. The minimum Gasteiger partial charge on any atom is -0.326 e. The topological polar surface area (TPSA) is 84.0 Å². The minimum atomic E-state index is -0.156. The predicted octanol–water partition coefficient (Wildman–Crippen LogP) is 5.03. The van der Waals surface area contributed by atoms with Crippen LogP contribution in [0.2, 0.25) is 0 Å². The lowest BCUT2D eigenvalue weighted by molar-refractivity contribution is -0.118. The monoisotopic (exact) mass is 408 g/mol. The summed E-state index contributed by atoms with van der Waals surface area (Å²) in [5.74, 6) is 1.11. The van der Waals surface area contributed by atoms with Gasteiger partial charge in [-0.05, 0) is 56.5 Å². The summed E-state index contributed by atoms with van der Waals surface area (Å²) < 4.78 is 0. The fourth-order valence-electron chi connectivity index (χ4n) is 3.21. The van der Waals surface area contributed by atoms with Crippen LogP contribution in [0.4, 0.5) is 11.4 Å². The number of hydrogen-bond donors (Lipinski definition) is 2. The van der Waals surface area contributed by atoms with Crippen molar-refractivity contribution < 1.29 is 9.59 Å². The summed E-state index contributed by atoms with van der Waals surface area (Å²) in [7, 11) is 0. The molecule has 0 bridgehead atoms. The Hall–Kier alpha value is -2.80. The molecule has 3 aromatic rings. The highest BCUT2D eigenvalue weighted by molar-refractivity contribution is 7.20. The molecule has 1 aromatic carbocycles. The summed E-state index contributed by atoms with van der Waals surface area (Å²) in [6, 6.07) is 7.13. The van der Waals surface area contributed by atoms with Crippen molar-refractivity contribution in [3.63, 3.8) is 0 Å². The summed E-state index contributed by atoms with van der Waals surface area (Å²) in [4.78, 5) is 35.6. The number of carbonyl (C=O) groups is 2. The normalized spacial score (nSPS) is 13.7. The maximum absolute atomic E-state index is 12.9. The number of anilines is 2.